The lowest BCUT2D eigenvalue weighted by molar-refractivity contribution is -0.161. The van der Waals surface area contributed by atoms with Gasteiger partial charge >= 0.3 is 19.8 Å². The molecule has 0 aliphatic rings. The largest absolute Gasteiger partial charge is 0.472 e. The van der Waals surface area contributed by atoms with E-state index in [0.29, 0.717) is 6.42 Å². The third kappa shape index (κ3) is 30.3. The molecule has 43 heavy (non-hydrogen) atoms. The van der Waals surface area contributed by atoms with Crippen LogP contribution in [0.1, 0.15) is 142 Å². The summed E-state index contributed by atoms with van der Waals surface area (Å²) in [5.41, 5.74) is 5.30. The minimum atomic E-state index is -4.37. The average molecular weight is 632 g/mol. The summed E-state index contributed by atoms with van der Waals surface area (Å²) in [4.78, 5) is 34.4. The summed E-state index contributed by atoms with van der Waals surface area (Å²) < 4.78 is 32.3. The minimum absolute atomic E-state index is 0.0480. The van der Waals surface area contributed by atoms with Gasteiger partial charge in [-0.3, -0.25) is 18.6 Å². The predicted octanol–water partition coefficient (Wildman–Crippen LogP) is 8.49. The van der Waals surface area contributed by atoms with Crippen LogP contribution in [0.25, 0.3) is 0 Å². The third-order valence-corrected chi connectivity index (χ3v) is 7.92. The van der Waals surface area contributed by atoms with Crippen LogP contribution < -0.4 is 5.73 Å². The molecule has 10 heteroatoms. The number of carbonyl (C=O) groups is 2. The molecule has 0 aromatic rings. The highest BCUT2D eigenvalue weighted by Gasteiger charge is 2.25. The number of phosphoric acid groups is 1. The molecular weight excluding hydrogens is 569 g/mol. The Hall–Kier alpha value is -1.51. The van der Waals surface area contributed by atoms with E-state index in [-0.39, 0.29) is 32.6 Å². The van der Waals surface area contributed by atoms with Crippen molar-refractivity contribution in [2.45, 2.75) is 148 Å². The van der Waals surface area contributed by atoms with Crippen molar-refractivity contribution in [3.05, 3.63) is 24.3 Å². The highest BCUT2D eigenvalue weighted by atomic mass is 31.2. The van der Waals surface area contributed by atoms with Crippen LogP contribution in [-0.4, -0.2) is 49.3 Å². The van der Waals surface area contributed by atoms with E-state index in [1.807, 2.05) is 31.2 Å². The van der Waals surface area contributed by atoms with Gasteiger partial charge in [0.1, 0.15) is 6.61 Å². The summed E-state index contributed by atoms with van der Waals surface area (Å²) in [7, 11) is -4.37. The molecule has 0 aliphatic heterocycles. The number of esters is 2. The van der Waals surface area contributed by atoms with Crippen molar-refractivity contribution in [2.24, 2.45) is 5.73 Å². The van der Waals surface area contributed by atoms with Crippen molar-refractivity contribution < 1.29 is 37.6 Å². The Morgan fingerprint density at radius 2 is 1.30 bits per heavy atom. The van der Waals surface area contributed by atoms with E-state index < -0.39 is 32.5 Å². The van der Waals surface area contributed by atoms with Crippen LogP contribution in [0, 0.1) is 0 Å². The minimum Gasteiger partial charge on any atom is -0.462 e. The standard InChI is InChI=1S/C33H62NO8P/c1-3-5-7-9-11-12-13-14-15-16-17-18-20-21-23-25-32(35)39-29-31(30-41-43(37,38)40-28-27-34)42-33(36)26-24-22-19-10-8-6-4-2/h4,6,10,19,31H,3,5,7-9,11-18,20-30,34H2,1-2H3,(H,37,38)/b6-4-,19-10-/t31-/m1/s1. The van der Waals surface area contributed by atoms with E-state index in [1.165, 1.54) is 77.0 Å². The third-order valence-electron chi connectivity index (χ3n) is 6.93. The van der Waals surface area contributed by atoms with Crippen LogP contribution in [0.4, 0.5) is 0 Å². The molecule has 0 heterocycles. The van der Waals surface area contributed by atoms with Crippen LogP contribution in [0.3, 0.4) is 0 Å². The smallest absolute Gasteiger partial charge is 0.462 e. The lowest BCUT2D eigenvalue weighted by atomic mass is 10.0. The molecule has 0 spiro atoms. The highest BCUT2D eigenvalue weighted by molar-refractivity contribution is 7.47. The van der Waals surface area contributed by atoms with E-state index in [4.69, 9.17) is 24.3 Å². The molecule has 9 nitrogen and oxygen atoms in total. The molecular formula is C33H62NO8P. The first-order valence-corrected chi connectivity index (χ1v) is 18.3. The van der Waals surface area contributed by atoms with Crippen LogP contribution in [0.2, 0.25) is 0 Å². The Morgan fingerprint density at radius 3 is 1.86 bits per heavy atom. The van der Waals surface area contributed by atoms with Gasteiger partial charge in [-0.05, 0) is 32.6 Å². The van der Waals surface area contributed by atoms with Gasteiger partial charge in [-0.2, -0.15) is 0 Å². The molecule has 0 fully saturated rings. The van der Waals surface area contributed by atoms with Gasteiger partial charge in [0.25, 0.3) is 0 Å². The molecule has 2 atom stereocenters. The van der Waals surface area contributed by atoms with Gasteiger partial charge in [0.05, 0.1) is 13.2 Å². The zero-order valence-electron chi connectivity index (χ0n) is 27.2. The maximum atomic E-state index is 12.3. The van der Waals surface area contributed by atoms with E-state index in [2.05, 4.69) is 6.92 Å². The number of hydrogen-bond donors (Lipinski definition) is 2. The van der Waals surface area contributed by atoms with E-state index in [9.17, 15) is 19.0 Å². The van der Waals surface area contributed by atoms with Crippen LogP contribution >= 0.6 is 7.82 Å². The van der Waals surface area contributed by atoms with Gasteiger partial charge in [-0.25, -0.2) is 4.57 Å². The maximum Gasteiger partial charge on any atom is 0.472 e. The summed E-state index contributed by atoms with van der Waals surface area (Å²) in [5, 5.41) is 0. The second-order valence-electron chi connectivity index (χ2n) is 11.0. The van der Waals surface area contributed by atoms with Gasteiger partial charge in [0.15, 0.2) is 6.10 Å². The normalized spacial score (nSPS) is 13.9. The molecule has 0 radical (unpaired) electrons. The number of nitrogens with two attached hydrogens (primary N) is 1. The molecule has 252 valence electrons. The molecule has 1 unspecified atom stereocenters. The quantitative estimate of drug-likeness (QED) is 0.0334. The molecule has 0 aromatic heterocycles. The number of ether oxygens (including phenoxy) is 2. The van der Waals surface area contributed by atoms with Crippen molar-refractivity contribution >= 4 is 19.8 Å². The molecule has 0 saturated carbocycles. The Labute approximate surface area is 261 Å². The number of phosphoric ester groups is 1. The van der Waals surface area contributed by atoms with Gasteiger partial charge in [-0.15, -0.1) is 0 Å². The molecule has 0 amide bonds. The second kappa shape index (κ2) is 30.5. The summed E-state index contributed by atoms with van der Waals surface area (Å²) in [6.45, 7) is 3.40. The summed E-state index contributed by atoms with van der Waals surface area (Å²) >= 11 is 0. The first-order chi connectivity index (χ1) is 20.8. The van der Waals surface area contributed by atoms with Gasteiger partial charge < -0.3 is 20.1 Å². The SMILES string of the molecule is C/C=C\C/C=C\CCCC(=O)O[C@H](COC(=O)CCCCCCCCCCCCCCCCC)COP(=O)(O)OCCN. The van der Waals surface area contributed by atoms with Crippen molar-refractivity contribution in [1.82, 2.24) is 0 Å². The highest BCUT2D eigenvalue weighted by Crippen LogP contribution is 2.43. The zero-order valence-corrected chi connectivity index (χ0v) is 28.1. The Kier molecular flexibility index (Phi) is 29.4. The number of hydrogen-bond acceptors (Lipinski definition) is 8. The molecule has 0 bridgehead atoms. The van der Waals surface area contributed by atoms with Crippen molar-refractivity contribution in [1.29, 1.82) is 0 Å². The van der Waals surface area contributed by atoms with Crippen molar-refractivity contribution in [3.8, 4) is 0 Å². The number of allylic oxidation sites excluding steroid dienone is 4. The Bertz CT molecular complexity index is 774. The van der Waals surface area contributed by atoms with Crippen LogP contribution in [0.5, 0.6) is 0 Å². The van der Waals surface area contributed by atoms with E-state index in [0.717, 1.165) is 32.1 Å². The van der Waals surface area contributed by atoms with E-state index >= 15 is 0 Å². The molecule has 3 N–H and O–H groups in total. The Balaban J connectivity index is 4.19. The number of rotatable bonds is 31. The fourth-order valence-corrected chi connectivity index (χ4v) is 5.20. The van der Waals surface area contributed by atoms with E-state index in [1.54, 1.807) is 0 Å². The summed E-state index contributed by atoms with van der Waals surface area (Å²) in [6, 6.07) is 0. The topological polar surface area (TPSA) is 134 Å². The van der Waals surface area contributed by atoms with Crippen LogP contribution in [0.15, 0.2) is 24.3 Å². The first-order valence-electron chi connectivity index (χ1n) is 16.8. The zero-order chi connectivity index (χ0) is 31.9. The van der Waals surface area contributed by atoms with Gasteiger partial charge in [-0.1, -0.05) is 121 Å². The maximum absolute atomic E-state index is 12.3. The molecule has 0 saturated heterocycles. The average Bonchev–Trinajstić information content (AvgIpc) is 2.99. The van der Waals surface area contributed by atoms with Crippen molar-refractivity contribution in [2.75, 3.05) is 26.4 Å². The summed E-state index contributed by atoms with van der Waals surface area (Å²) in [6.07, 6.45) is 28.3. The Morgan fingerprint density at radius 1 is 0.744 bits per heavy atom. The summed E-state index contributed by atoms with van der Waals surface area (Å²) in [5.74, 6) is -0.891. The molecule has 0 rings (SSSR count). The van der Waals surface area contributed by atoms with Crippen LogP contribution in [-0.2, 0) is 32.7 Å². The lowest BCUT2D eigenvalue weighted by Crippen LogP contribution is -2.29. The fourth-order valence-electron chi connectivity index (χ4n) is 4.44. The monoisotopic (exact) mass is 631 g/mol. The number of carbonyl (C=O) groups excluding carboxylic acids is 2. The molecule has 0 aromatic carbocycles. The number of unbranched alkanes of at least 4 members (excludes halogenated alkanes) is 15. The van der Waals surface area contributed by atoms with Gasteiger partial charge in [0, 0.05) is 19.4 Å². The van der Waals surface area contributed by atoms with Gasteiger partial charge in [0.2, 0.25) is 0 Å². The fraction of sp³-hybridized carbons (Fsp3) is 0.818. The lowest BCUT2D eigenvalue weighted by Gasteiger charge is -2.19. The molecule has 0 aliphatic carbocycles. The second-order valence-corrected chi connectivity index (χ2v) is 12.5. The predicted molar refractivity (Wildman–Crippen MR) is 174 cm³/mol. The van der Waals surface area contributed by atoms with Crippen molar-refractivity contribution in [3.63, 3.8) is 0 Å². The first kappa shape index (κ1) is 41.5.